The molecule has 1 atom stereocenters. The first-order valence-electron chi connectivity index (χ1n) is 7.91. The predicted molar refractivity (Wildman–Crippen MR) is 97.6 cm³/mol. The lowest BCUT2D eigenvalue weighted by molar-refractivity contribution is -0.115. The first kappa shape index (κ1) is 17.3. The standard InChI is InChI=1S/C18H18FN3O2S/c1-3-24-14-7-5-13(6-8-14)20-17(23)11(2)25-18-21-15-9-4-12(19)10-16(15)22-18/h4-11H,3H2,1-2H3,(H,20,23)(H,21,22)/t11-/m1/s1. The van der Waals surface area contributed by atoms with Gasteiger partial charge in [-0.1, -0.05) is 11.8 Å². The van der Waals surface area contributed by atoms with E-state index in [4.69, 9.17) is 4.74 Å². The molecule has 0 saturated carbocycles. The lowest BCUT2D eigenvalue weighted by Crippen LogP contribution is -2.22. The van der Waals surface area contributed by atoms with Crippen molar-refractivity contribution in [2.45, 2.75) is 24.3 Å². The minimum atomic E-state index is -0.364. The molecule has 0 bridgehead atoms. The summed E-state index contributed by atoms with van der Waals surface area (Å²) in [5.41, 5.74) is 1.98. The number of hydrogen-bond acceptors (Lipinski definition) is 4. The van der Waals surface area contributed by atoms with E-state index in [0.29, 0.717) is 28.5 Å². The molecule has 1 heterocycles. The number of aromatic nitrogens is 2. The third-order valence-corrected chi connectivity index (χ3v) is 4.50. The van der Waals surface area contributed by atoms with Crippen LogP contribution in [0.5, 0.6) is 5.75 Å². The number of anilines is 1. The third kappa shape index (κ3) is 4.30. The van der Waals surface area contributed by atoms with Crippen LogP contribution in [-0.2, 0) is 4.79 Å². The summed E-state index contributed by atoms with van der Waals surface area (Å²) in [6, 6.07) is 11.6. The molecule has 0 spiro atoms. The second-order valence-electron chi connectivity index (χ2n) is 5.41. The number of H-pyrrole nitrogens is 1. The predicted octanol–water partition coefficient (Wildman–Crippen LogP) is 4.22. The maximum atomic E-state index is 13.2. The van der Waals surface area contributed by atoms with Crippen molar-refractivity contribution in [2.24, 2.45) is 0 Å². The number of benzene rings is 2. The van der Waals surface area contributed by atoms with Gasteiger partial charge in [0.1, 0.15) is 11.6 Å². The zero-order valence-corrected chi connectivity index (χ0v) is 14.7. The van der Waals surface area contributed by atoms with E-state index < -0.39 is 0 Å². The fourth-order valence-corrected chi connectivity index (χ4v) is 3.10. The smallest absolute Gasteiger partial charge is 0.237 e. The number of rotatable bonds is 6. The van der Waals surface area contributed by atoms with E-state index in [1.54, 1.807) is 25.1 Å². The Morgan fingerprint density at radius 3 is 2.80 bits per heavy atom. The molecule has 7 heteroatoms. The average Bonchev–Trinajstić information content (AvgIpc) is 2.98. The number of ether oxygens (including phenoxy) is 1. The number of nitrogens with zero attached hydrogens (tertiary/aromatic N) is 1. The summed E-state index contributed by atoms with van der Waals surface area (Å²) in [6.07, 6.45) is 0. The number of aromatic amines is 1. The van der Waals surface area contributed by atoms with Crippen molar-refractivity contribution in [1.29, 1.82) is 0 Å². The van der Waals surface area contributed by atoms with Crippen LogP contribution in [-0.4, -0.2) is 27.7 Å². The van der Waals surface area contributed by atoms with Crippen LogP contribution in [0.15, 0.2) is 47.6 Å². The molecule has 3 aromatic rings. The van der Waals surface area contributed by atoms with Crippen molar-refractivity contribution in [3.63, 3.8) is 0 Å². The van der Waals surface area contributed by atoms with Gasteiger partial charge in [0.2, 0.25) is 5.91 Å². The molecule has 1 amide bonds. The van der Waals surface area contributed by atoms with Crippen LogP contribution in [0.3, 0.4) is 0 Å². The summed E-state index contributed by atoms with van der Waals surface area (Å²) in [4.78, 5) is 19.7. The first-order valence-corrected chi connectivity index (χ1v) is 8.79. The molecule has 25 heavy (non-hydrogen) atoms. The van der Waals surface area contributed by atoms with Gasteiger partial charge in [-0.2, -0.15) is 0 Å². The molecule has 3 rings (SSSR count). The van der Waals surface area contributed by atoms with E-state index in [1.165, 1.54) is 23.9 Å². The maximum Gasteiger partial charge on any atom is 0.237 e. The van der Waals surface area contributed by atoms with Crippen molar-refractivity contribution in [1.82, 2.24) is 9.97 Å². The van der Waals surface area contributed by atoms with Crippen molar-refractivity contribution in [3.8, 4) is 5.75 Å². The van der Waals surface area contributed by atoms with Gasteiger partial charge >= 0.3 is 0 Å². The maximum absolute atomic E-state index is 13.2. The number of fused-ring (bicyclic) bond motifs is 1. The summed E-state index contributed by atoms with van der Waals surface area (Å²) >= 11 is 1.29. The molecule has 0 aliphatic rings. The highest BCUT2D eigenvalue weighted by Gasteiger charge is 2.17. The van der Waals surface area contributed by atoms with Crippen LogP contribution in [0.25, 0.3) is 11.0 Å². The van der Waals surface area contributed by atoms with Gasteiger partial charge in [0.25, 0.3) is 0 Å². The highest BCUT2D eigenvalue weighted by molar-refractivity contribution is 8.00. The molecule has 130 valence electrons. The van der Waals surface area contributed by atoms with E-state index in [0.717, 1.165) is 5.75 Å². The quantitative estimate of drug-likeness (QED) is 0.647. The number of carbonyl (C=O) groups is 1. The lowest BCUT2D eigenvalue weighted by Gasteiger charge is -2.11. The Hall–Kier alpha value is -2.54. The Morgan fingerprint density at radius 1 is 1.32 bits per heavy atom. The summed E-state index contributed by atoms with van der Waals surface area (Å²) in [6.45, 7) is 4.31. The monoisotopic (exact) mass is 359 g/mol. The van der Waals surface area contributed by atoms with Gasteiger partial charge < -0.3 is 15.0 Å². The molecule has 0 radical (unpaired) electrons. The van der Waals surface area contributed by atoms with Gasteiger partial charge in [0.15, 0.2) is 5.16 Å². The molecule has 0 aliphatic carbocycles. The normalized spacial score (nSPS) is 12.1. The Kier molecular flexibility index (Phi) is 5.23. The third-order valence-electron chi connectivity index (χ3n) is 3.51. The lowest BCUT2D eigenvalue weighted by atomic mass is 10.3. The van der Waals surface area contributed by atoms with Crippen molar-refractivity contribution < 1.29 is 13.9 Å². The molecule has 5 nitrogen and oxygen atoms in total. The van der Waals surface area contributed by atoms with E-state index in [2.05, 4.69) is 15.3 Å². The van der Waals surface area contributed by atoms with Crippen molar-refractivity contribution in [3.05, 3.63) is 48.3 Å². The van der Waals surface area contributed by atoms with Crippen molar-refractivity contribution >= 4 is 34.4 Å². The second kappa shape index (κ2) is 7.57. The Labute approximate surface area is 149 Å². The molecule has 0 unspecified atom stereocenters. The van der Waals surface area contributed by atoms with E-state index in [1.807, 2.05) is 19.1 Å². The Bertz CT molecular complexity index is 880. The van der Waals surface area contributed by atoms with Gasteiger partial charge in [-0.25, -0.2) is 9.37 Å². The van der Waals surface area contributed by atoms with Gasteiger partial charge in [-0.15, -0.1) is 0 Å². The van der Waals surface area contributed by atoms with Gasteiger partial charge in [0, 0.05) is 5.69 Å². The Balaban J connectivity index is 1.63. The van der Waals surface area contributed by atoms with Crippen LogP contribution in [0.1, 0.15) is 13.8 Å². The number of halogens is 1. The topological polar surface area (TPSA) is 67.0 Å². The summed E-state index contributed by atoms with van der Waals surface area (Å²) in [5.74, 6) is 0.298. The molecule has 0 aliphatic heterocycles. The van der Waals surface area contributed by atoms with Crippen LogP contribution >= 0.6 is 11.8 Å². The Morgan fingerprint density at radius 2 is 2.08 bits per heavy atom. The molecule has 1 aromatic heterocycles. The number of nitrogens with one attached hydrogen (secondary N) is 2. The van der Waals surface area contributed by atoms with Crippen LogP contribution in [0, 0.1) is 5.82 Å². The molecule has 2 N–H and O–H groups in total. The molecular formula is C18H18FN3O2S. The fraction of sp³-hybridized carbons (Fsp3) is 0.222. The van der Waals surface area contributed by atoms with E-state index >= 15 is 0 Å². The highest BCUT2D eigenvalue weighted by atomic mass is 32.2. The second-order valence-corrected chi connectivity index (χ2v) is 6.74. The van der Waals surface area contributed by atoms with Gasteiger partial charge in [-0.05, 0) is 56.3 Å². The number of imidazole rings is 1. The van der Waals surface area contributed by atoms with Gasteiger partial charge in [-0.3, -0.25) is 4.79 Å². The minimum Gasteiger partial charge on any atom is -0.494 e. The fourth-order valence-electron chi connectivity index (χ4n) is 2.28. The zero-order chi connectivity index (χ0) is 17.8. The van der Waals surface area contributed by atoms with Crippen LogP contribution in [0.2, 0.25) is 0 Å². The number of carbonyl (C=O) groups excluding carboxylic acids is 1. The number of hydrogen-bond donors (Lipinski definition) is 2. The largest absolute Gasteiger partial charge is 0.494 e. The number of thioether (sulfide) groups is 1. The molecule has 0 fully saturated rings. The average molecular weight is 359 g/mol. The molecular weight excluding hydrogens is 341 g/mol. The van der Waals surface area contributed by atoms with E-state index in [-0.39, 0.29) is 17.0 Å². The zero-order valence-electron chi connectivity index (χ0n) is 13.9. The number of amides is 1. The molecule has 0 saturated heterocycles. The summed E-state index contributed by atoms with van der Waals surface area (Å²) in [7, 11) is 0. The first-order chi connectivity index (χ1) is 12.0. The summed E-state index contributed by atoms with van der Waals surface area (Å²) in [5, 5.41) is 3.07. The SMILES string of the molecule is CCOc1ccc(NC(=O)[C@@H](C)Sc2nc3ccc(F)cc3[nH]2)cc1. The van der Waals surface area contributed by atoms with Gasteiger partial charge in [0.05, 0.1) is 22.9 Å². The minimum absolute atomic E-state index is 0.138. The van der Waals surface area contributed by atoms with Crippen LogP contribution < -0.4 is 10.1 Å². The van der Waals surface area contributed by atoms with Crippen molar-refractivity contribution in [2.75, 3.05) is 11.9 Å². The molecule has 2 aromatic carbocycles. The van der Waals surface area contributed by atoms with E-state index in [9.17, 15) is 9.18 Å². The highest BCUT2D eigenvalue weighted by Crippen LogP contribution is 2.25. The van der Waals surface area contributed by atoms with Crippen LogP contribution in [0.4, 0.5) is 10.1 Å². The summed E-state index contributed by atoms with van der Waals surface area (Å²) < 4.78 is 18.6.